The van der Waals surface area contributed by atoms with Crippen LogP contribution in [0.2, 0.25) is 0 Å². The first-order valence-corrected chi connectivity index (χ1v) is 6.60. The Balaban J connectivity index is 2.38. The molecule has 0 saturated heterocycles. The Kier molecular flexibility index (Phi) is 3.99. The fraction of sp³-hybridized carbons (Fsp3) is 0.154. The highest BCUT2D eigenvalue weighted by Crippen LogP contribution is 2.33. The van der Waals surface area contributed by atoms with Crippen molar-refractivity contribution in [2.45, 2.75) is 6.92 Å². The van der Waals surface area contributed by atoms with E-state index in [0.29, 0.717) is 10.7 Å². The number of ether oxygens (including phenoxy) is 1. The molecule has 0 aliphatic heterocycles. The van der Waals surface area contributed by atoms with E-state index in [4.69, 9.17) is 15.9 Å². The van der Waals surface area contributed by atoms with Gasteiger partial charge in [0, 0.05) is 0 Å². The van der Waals surface area contributed by atoms with E-state index < -0.39 is 0 Å². The number of hydrogen-bond acceptors (Lipinski definition) is 5. The van der Waals surface area contributed by atoms with Crippen LogP contribution >= 0.6 is 11.3 Å². The van der Waals surface area contributed by atoms with Crippen molar-refractivity contribution in [2.24, 2.45) is 5.73 Å². The van der Waals surface area contributed by atoms with Crippen LogP contribution in [0.1, 0.15) is 16.1 Å². The minimum atomic E-state index is -0.379. The Morgan fingerprint density at radius 3 is 2.90 bits per heavy atom. The molecule has 0 saturated carbocycles. The summed E-state index contributed by atoms with van der Waals surface area (Å²) in [5, 5.41) is 10.4. The van der Waals surface area contributed by atoms with Gasteiger partial charge in [0.25, 0.3) is 0 Å². The number of esters is 1. The van der Waals surface area contributed by atoms with Crippen LogP contribution in [0, 0.1) is 12.3 Å². The third-order valence-electron chi connectivity index (χ3n) is 2.58. The molecule has 0 spiro atoms. The molecule has 0 radical (unpaired) electrons. The molecule has 104 valence electrons. The molecule has 0 aliphatic carbocycles. The summed E-state index contributed by atoms with van der Waals surface area (Å²) in [7, 11) is 1.35. The SMILES string of the molecule is COC(=O)c1cccc(-c2sc(NC(=N)N)nc2C)c1. The molecule has 0 amide bonds. The number of carbonyl (C=O) groups is 1. The van der Waals surface area contributed by atoms with Crippen molar-refractivity contribution in [3.05, 3.63) is 35.5 Å². The number of methoxy groups -OCH3 is 1. The van der Waals surface area contributed by atoms with Gasteiger partial charge in [-0.05, 0) is 24.6 Å². The monoisotopic (exact) mass is 290 g/mol. The molecule has 2 aromatic rings. The summed E-state index contributed by atoms with van der Waals surface area (Å²) < 4.78 is 4.71. The number of rotatable bonds is 3. The van der Waals surface area contributed by atoms with Crippen LogP contribution in [0.4, 0.5) is 5.13 Å². The lowest BCUT2D eigenvalue weighted by Crippen LogP contribution is -2.20. The van der Waals surface area contributed by atoms with Crippen LogP contribution < -0.4 is 11.1 Å². The van der Waals surface area contributed by atoms with Gasteiger partial charge < -0.3 is 15.8 Å². The number of benzene rings is 1. The standard InChI is InChI=1S/C13H14N4O2S/c1-7-10(20-13(16-7)17-12(14)15)8-4-3-5-9(6-8)11(18)19-2/h3-6H,1-2H3,(H4,14,15,16,17). The van der Waals surface area contributed by atoms with E-state index >= 15 is 0 Å². The van der Waals surface area contributed by atoms with Crippen molar-refractivity contribution >= 4 is 28.4 Å². The minimum Gasteiger partial charge on any atom is -0.465 e. The van der Waals surface area contributed by atoms with Crippen molar-refractivity contribution in [3.63, 3.8) is 0 Å². The van der Waals surface area contributed by atoms with Crippen LogP contribution in [0.15, 0.2) is 24.3 Å². The molecule has 0 atom stereocenters. The van der Waals surface area contributed by atoms with E-state index in [1.165, 1.54) is 18.4 Å². The summed E-state index contributed by atoms with van der Waals surface area (Å²) in [6.45, 7) is 1.86. The second-order valence-corrected chi connectivity index (χ2v) is 5.04. The minimum absolute atomic E-state index is 0.159. The maximum Gasteiger partial charge on any atom is 0.337 e. The lowest BCUT2D eigenvalue weighted by molar-refractivity contribution is 0.0601. The number of aromatic nitrogens is 1. The molecule has 1 heterocycles. The van der Waals surface area contributed by atoms with Crippen molar-refractivity contribution in [1.82, 2.24) is 4.98 Å². The molecule has 0 unspecified atom stereocenters. The molecule has 0 aliphatic rings. The Morgan fingerprint density at radius 1 is 1.50 bits per heavy atom. The van der Waals surface area contributed by atoms with E-state index in [1.807, 2.05) is 13.0 Å². The van der Waals surface area contributed by atoms with Crippen LogP contribution in [0.3, 0.4) is 0 Å². The van der Waals surface area contributed by atoms with Gasteiger partial charge >= 0.3 is 5.97 Å². The molecule has 7 heteroatoms. The van der Waals surface area contributed by atoms with Gasteiger partial charge in [-0.25, -0.2) is 9.78 Å². The van der Waals surface area contributed by atoms with E-state index in [-0.39, 0.29) is 11.9 Å². The van der Waals surface area contributed by atoms with E-state index in [2.05, 4.69) is 10.3 Å². The number of guanidine groups is 1. The second kappa shape index (κ2) is 5.70. The van der Waals surface area contributed by atoms with Gasteiger partial charge in [0.1, 0.15) is 0 Å². The number of thiazole rings is 1. The van der Waals surface area contributed by atoms with Crippen molar-refractivity contribution in [1.29, 1.82) is 5.41 Å². The van der Waals surface area contributed by atoms with Gasteiger partial charge in [-0.15, -0.1) is 0 Å². The zero-order chi connectivity index (χ0) is 14.7. The predicted molar refractivity (Wildman–Crippen MR) is 79.2 cm³/mol. The first kappa shape index (κ1) is 14.0. The zero-order valence-corrected chi connectivity index (χ0v) is 11.9. The van der Waals surface area contributed by atoms with E-state index in [0.717, 1.165) is 16.1 Å². The Bertz CT molecular complexity index is 666. The van der Waals surface area contributed by atoms with Crippen LogP contribution in [0.25, 0.3) is 10.4 Å². The molecule has 4 N–H and O–H groups in total. The fourth-order valence-corrected chi connectivity index (χ4v) is 2.71. The van der Waals surface area contributed by atoms with E-state index in [1.54, 1.807) is 18.2 Å². The van der Waals surface area contributed by atoms with Gasteiger partial charge in [-0.2, -0.15) is 0 Å². The van der Waals surface area contributed by atoms with Crippen molar-refractivity contribution < 1.29 is 9.53 Å². The fourth-order valence-electron chi connectivity index (χ4n) is 1.74. The first-order valence-electron chi connectivity index (χ1n) is 5.78. The highest BCUT2D eigenvalue weighted by Gasteiger charge is 2.12. The molecule has 1 aromatic carbocycles. The average Bonchev–Trinajstić information content (AvgIpc) is 2.78. The summed E-state index contributed by atoms with van der Waals surface area (Å²) in [4.78, 5) is 16.7. The third kappa shape index (κ3) is 2.94. The third-order valence-corrected chi connectivity index (χ3v) is 3.71. The average molecular weight is 290 g/mol. The van der Waals surface area contributed by atoms with Gasteiger partial charge in [0.15, 0.2) is 11.1 Å². The largest absolute Gasteiger partial charge is 0.465 e. The number of aryl methyl sites for hydroxylation is 1. The number of nitrogens with one attached hydrogen (secondary N) is 2. The summed E-state index contributed by atoms with van der Waals surface area (Å²) in [5.41, 5.74) is 7.45. The number of anilines is 1. The molecular weight excluding hydrogens is 276 g/mol. The zero-order valence-electron chi connectivity index (χ0n) is 11.1. The number of carbonyl (C=O) groups excluding carboxylic acids is 1. The van der Waals surface area contributed by atoms with E-state index in [9.17, 15) is 4.79 Å². The molecule has 0 fully saturated rings. The molecule has 20 heavy (non-hydrogen) atoms. The topological polar surface area (TPSA) is 101 Å². The Hall–Kier alpha value is -2.41. The molecule has 2 rings (SSSR count). The molecule has 0 bridgehead atoms. The van der Waals surface area contributed by atoms with Crippen molar-refractivity contribution in [3.8, 4) is 10.4 Å². The molecule has 6 nitrogen and oxygen atoms in total. The maximum atomic E-state index is 11.5. The van der Waals surface area contributed by atoms with Crippen LogP contribution in [-0.2, 0) is 4.74 Å². The van der Waals surface area contributed by atoms with Crippen LogP contribution in [0.5, 0.6) is 0 Å². The highest BCUT2D eigenvalue weighted by molar-refractivity contribution is 7.19. The van der Waals surface area contributed by atoms with Gasteiger partial charge in [-0.1, -0.05) is 23.5 Å². The summed E-state index contributed by atoms with van der Waals surface area (Å²) in [6, 6.07) is 7.13. The predicted octanol–water partition coefficient (Wildman–Crippen LogP) is 2.21. The quantitative estimate of drug-likeness (QED) is 0.457. The lowest BCUT2D eigenvalue weighted by atomic mass is 10.1. The van der Waals surface area contributed by atoms with Gasteiger partial charge in [0.05, 0.1) is 23.2 Å². The van der Waals surface area contributed by atoms with Crippen molar-refractivity contribution in [2.75, 3.05) is 12.4 Å². The number of hydrogen-bond donors (Lipinski definition) is 3. The number of nitrogens with zero attached hydrogens (tertiary/aromatic N) is 1. The Labute approximate surface area is 120 Å². The first-order chi connectivity index (χ1) is 9.51. The highest BCUT2D eigenvalue weighted by atomic mass is 32.1. The molecule has 1 aromatic heterocycles. The van der Waals surface area contributed by atoms with Gasteiger partial charge in [0.2, 0.25) is 0 Å². The van der Waals surface area contributed by atoms with Gasteiger partial charge in [-0.3, -0.25) is 5.41 Å². The maximum absolute atomic E-state index is 11.5. The lowest BCUT2D eigenvalue weighted by Gasteiger charge is -2.02. The number of nitrogens with two attached hydrogens (primary N) is 1. The summed E-state index contributed by atoms with van der Waals surface area (Å²) >= 11 is 1.37. The molecular formula is C13H14N4O2S. The summed E-state index contributed by atoms with van der Waals surface area (Å²) in [6.07, 6.45) is 0. The summed E-state index contributed by atoms with van der Waals surface area (Å²) in [5.74, 6) is -0.537. The second-order valence-electron chi connectivity index (χ2n) is 4.04. The smallest absolute Gasteiger partial charge is 0.337 e. The Morgan fingerprint density at radius 2 is 2.25 bits per heavy atom. The van der Waals surface area contributed by atoms with Crippen LogP contribution in [-0.4, -0.2) is 24.0 Å². The normalized spacial score (nSPS) is 10.1.